The van der Waals surface area contributed by atoms with Gasteiger partial charge in [0, 0.05) is 12.1 Å². The molecule has 0 amide bonds. The highest BCUT2D eigenvalue weighted by atomic mass is 15.0. The van der Waals surface area contributed by atoms with Gasteiger partial charge in [0.1, 0.15) is 0 Å². The highest BCUT2D eigenvalue weighted by molar-refractivity contribution is 5.31. The van der Waals surface area contributed by atoms with Gasteiger partial charge in [0.15, 0.2) is 0 Å². The standard InChI is InChI=1S/C19H33N/c1-8-11-19(7,14-20-18(4,5)6)13-17-12-15(2)9-10-16(17)3/h9-10,12,20H,8,11,13-14H2,1-7H3. The normalized spacial score (nSPS) is 15.2. The molecule has 1 N–H and O–H groups in total. The Morgan fingerprint density at radius 3 is 2.25 bits per heavy atom. The van der Waals surface area contributed by atoms with E-state index < -0.39 is 0 Å². The van der Waals surface area contributed by atoms with Gasteiger partial charge in [-0.05, 0) is 64.0 Å². The summed E-state index contributed by atoms with van der Waals surface area (Å²) in [6, 6.07) is 6.83. The molecule has 0 heterocycles. The van der Waals surface area contributed by atoms with Crippen LogP contribution >= 0.6 is 0 Å². The molecule has 20 heavy (non-hydrogen) atoms. The molecule has 114 valence electrons. The number of aryl methyl sites for hydroxylation is 2. The van der Waals surface area contributed by atoms with E-state index in [0.717, 1.165) is 13.0 Å². The Morgan fingerprint density at radius 1 is 1.05 bits per heavy atom. The molecule has 0 saturated heterocycles. The molecule has 0 radical (unpaired) electrons. The summed E-state index contributed by atoms with van der Waals surface area (Å²) >= 11 is 0. The lowest BCUT2D eigenvalue weighted by Crippen LogP contribution is -2.43. The molecule has 1 atom stereocenters. The summed E-state index contributed by atoms with van der Waals surface area (Å²) in [5.41, 5.74) is 4.83. The molecule has 1 nitrogen and oxygen atoms in total. The van der Waals surface area contributed by atoms with E-state index in [0.29, 0.717) is 5.41 Å². The zero-order chi connectivity index (χ0) is 15.4. The van der Waals surface area contributed by atoms with E-state index in [1.54, 1.807) is 0 Å². The van der Waals surface area contributed by atoms with Gasteiger partial charge in [0.2, 0.25) is 0 Å². The van der Waals surface area contributed by atoms with Crippen molar-refractivity contribution in [2.75, 3.05) is 6.54 Å². The van der Waals surface area contributed by atoms with Crippen LogP contribution in [0.3, 0.4) is 0 Å². The van der Waals surface area contributed by atoms with Crippen LogP contribution in [0, 0.1) is 19.3 Å². The van der Waals surface area contributed by atoms with Gasteiger partial charge in [-0.3, -0.25) is 0 Å². The van der Waals surface area contributed by atoms with Gasteiger partial charge in [-0.25, -0.2) is 0 Å². The van der Waals surface area contributed by atoms with E-state index in [4.69, 9.17) is 0 Å². The first-order chi connectivity index (χ1) is 9.15. The van der Waals surface area contributed by atoms with Crippen molar-refractivity contribution in [2.45, 2.75) is 73.3 Å². The van der Waals surface area contributed by atoms with E-state index >= 15 is 0 Å². The Kier molecular flexibility index (Phi) is 5.82. The van der Waals surface area contributed by atoms with E-state index in [9.17, 15) is 0 Å². The van der Waals surface area contributed by atoms with Gasteiger partial charge in [-0.2, -0.15) is 0 Å². The van der Waals surface area contributed by atoms with Crippen LogP contribution < -0.4 is 5.32 Å². The highest BCUT2D eigenvalue weighted by Gasteiger charge is 2.26. The predicted octanol–water partition coefficient (Wildman–Crippen LogP) is 5.04. The van der Waals surface area contributed by atoms with Crippen molar-refractivity contribution < 1.29 is 0 Å². The molecule has 1 unspecified atom stereocenters. The van der Waals surface area contributed by atoms with Crippen molar-refractivity contribution in [1.29, 1.82) is 0 Å². The minimum absolute atomic E-state index is 0.191. The van der Waals surface area contributed by atoms with Gasteiger partial charge >= 0.3 is 0 Å². The second-order valence-electron chi connectivity index (χ2n) is 7.77. The summed E-state index contributed by atoms with van der Waals surface area (Å²) in [4.78, 5) is 0. The largest absolute Gasteiger partial charge is 0.312 e. The second-order valence-corrected chi connectivity index (χ2v) is 7.77. The Hall–Kier alpha value is -0.820. The van der Waals surface area contributed by atoms with E-state index in [1.165, 1.54) is 29.5 Å². The first-order valence-electron chi connectivity index (χ1n) is 7.96. The van der Waals surface area contributed by atoms with E-state index in [1.807, 2.05) is 0 Å². The minimum atomic E-state index is 0.191. The molecule has 0 saturated carbocycles. The zero-order valence-electron chi connectivity index (χ0n) is 14.6. The monoisotopic (exact) mass is 275 g/mol. The number of rotatable bonds is 6. The summed E-state index contributed by atoms with van der Waals surface area (Å²) < 4.78 is 0. The van der Waals surface area contributed by atoms with Crippen molar-refractivity contribution in [2.24, 2.45) is 5.41 Å². The van der Waals surface area contributed by atoms with Crippen molar-refractivity contribution in [1.82, 2.24) is 5.32 Å². The molecule has 0 aromatic heterocycles. The van der Waals surface area contributed by atoms with Crippen LogP contribution in [0.4, 0.5) is 0 Å². The fourth-order valence-electron chi connectivity index (χ4n) is 2.77. The third-order valence-corrected chi connectivity index (χ3v) is 4.02. The lowest BCUT2D eigenvalue weighted by molar-refractivity contribution is 0.243. The van der Waals surface area contributed by atoms with Gasteiger partial charge < -0.3 is 5.32 Å². The lowest BCUT2D eigenvalue weighted by Gasteiger charge is -2.34. The van der Waals surface area contributed by atoms with Crippen LogP contribution in [0.2, 0.25) is 0 Å². The predicted molar refractivity (Wildman–Crippen MR) is 90.4 cm³/mol. The number of nitrogens with one attached hydrogen (secondary N) is 1. The summed E-state index contributed by atoms with van der Waals surface area (Å²) in [5.74, 6) is 0. The summed E-state index contributed by atoms with van der Waals surface area (Å²) in [7, 11) is 0. The summed E-state index contributed by atoms with van der Waals surface area (Å²) in [5, 5.41) is 3.70. The van der Waals surface area contributed by atoms with Crippen LogP contribution in [0.25, 0.3) is 0 Å². The third kappa shape index (κ3) is 5.66. The SMILES string of the molecule is CCCC(C)(CNC(C)(C)C)Cc1cc(C)ccc1C. The van der Waals surface area contributed by atoms with E-state index in [2.05, 4.69) is 72.0 Å². The first kappa shape index (κ1) is 17.2. The van der Waals surface area contributed by atoms with Crippen molar-refractivity contribution >= 4 is 0 Å². The lowest BCUT2D eigenvalue weighted by atomic mass is 9.78. The van der Waals surface area contributed by atoms with Crippen LogP contribution in [-0.2, 0) is 6.42 Å². The second kappa shape index (κ2) is 6.76. The number of hydrogen-bond acceptors (Lipinski definition) is 1. The topological polar surface area (TPSA) is 12.0 Å². The molecule has 1 rings (SSSR count). The maximum absolute atomic E-state index is 3.70. The quantitative estimate of drug-likeness (QED) is 0.767. The Balaban J connectivity index is 2.87. The summed E-state index contributed by atoms with van der Waals surface area (Å²) in [6.45, 7) is 17.0. The molecule has 1 aromatic carbocycles. The average molecular weight is 275 g/mol. The average Bonchev–Trinajstić information content (AvgIpc) is 2.31. The van der Waals surface area contributed by atoms with Crippen LogP contribution in [0.1, 0.15) is 64.2 Å². The molecule has 1 heteroatoms. The van der Waals surface area contributed by atoms with Gasteiger partial charge in [-0.15, -0.1) is 0 Å². The third-order valence-electron chi connectivity index (χ3n) is 4.02. The maximum Gasteiger partial charge on any atom is 0.00967 e. The van der Waals surface area contributed by atoms with Crippen molar-refractivity contribution in [3.63, 3.8) is 0 Å². The first-order valence-corrected chi connectivity index (χ1v) is 7.96. The fourth-order valence-corrected chi connectivity index (χ4v) is 2.77. The Morgan fingerprint density at radius 2 is 1.70 bits per heavy atom. The Bertz CT molecular complexity index is 428. The molecular formula is C19H33N. The minimum Gasteiger partial charge on any atom is -0.312 e. The van der Waals surface area contributed by atoms with E-state index in [-0.39, 0.29) is 5.54 Å². The van der Waals surface area contributed by atoms with Crippen LogP contribution in [0.5, 0.6) is 0 Å². The molecule has 0 bridgehead atoms. The molecular weight excluding hydrogens is 242 g/mol. The molecule has 0 fully saturated rings. The van der Waals surface area contributed by atoms with Crippen LogP contribution in [0.15, 0.2) is 18.2 Å². The molecule has 1 aromatic rings. The molecule has 0 aliphatic carbocycles. The van der Waals surface area contributed by atoms with Crippen molar-refractivity contribution in [3.8, 4) is 0 Å². The van der Waals surface area contributed by atoms with Crippen LogP contribution in [-0.4, -0.2) is 12.1 Å². The zero-order valence-corrected chi connectivity index (χ0v) is 14.6. The smallest absolute Gasteiger partial charge is 0.00967 e. The highest BCUT2D eigenvalue weighted by Crippen LogP contribution is 2.30. The molecule has 0 spiro atoms. The molecule has 0 aliphatic heterocycles. The molecule has 0 aliphatic rings. The van der Waals surface area contributed by atoms with Gasteiger partial charge in [0.25, 0.3) is 0 Å². The maximum atomic E-state index is 3.70. The van der Waals surface area contributed by atoms with Gasteiger partial charge in [-0.1, -0.05) is 44.0 Å². The number of benzene rings is 1. The fraction of sp³-hybridized carbons (Fsp3) is 0.684. The Labute approximate surface area is 126 Å². The summed E-state index contributed by atoms with van der Waals surface area (Å²) in [6.07, 6.45) is 3.67. The number of hydrogen-bond donors (Lipinski definition) is 1. The van der Waals surface area contributed by atoms with Crippen molar-refractivity contribution in [3.05, 3.63) is 34.9 Å². The van der Waals surface area contributed by atoms with Gasteiger partial charge in [0.05, 0.1) is 0 Å².